The number of halogens is 1. The molecule has 2 heterocycles. The zero-order chi connectivity index (χ0) is 19.4. The van der Waals surface area contributed by atoms with Gasteiger partial charge in [-0.25, -0.2) is 12.8 Å². The van der Waals surface area contributed by atoms with E-state index in [0.29, 0.717) is 0 Å². The van der Waals surface area contributed by atoms with E-state index < -0.39 is 34.0 Å². The average molecular weight is 383 g/mol. The van der Waals surface area contributed by atoms with E-state index in [4.69, 9.17) is 9.31 Å². The summed E-state index contributed by atoms with van der Waals surface area (Å²) in [5, 5.41) is 0. The van der Waals surface area contributed by atoms with Crippen LogP contribution in [-0.2, 0) is 19.3 Å². The molecule has 0 amide bonds. The first-order chi connectivity index (χ1) is 11.8. The van der Waals surface area contributed by atoms with Gasteiger partial charge in [-0.15, -0.1) is 0 Å². The van der Waals surface area contributed by atoms with Crippen LogP contribution in [-0.4, -0.2) is 49.8 Å². The lowest BCUT2D eigenvalue weighted by Crippen LogP contribution is -2.43. The molecule has 2 fully saturated rings. The Labute approximate surface area is 156 Å². The standard InChI is InChI=1S/C18H27BFNO4S/c1-16(2)17(3,4)25-19(24-16)14-6-8-15(9-7-14)26(22,23)21-12-10-18(5,20)11-13-21/h6-9H,10-13H2,1-5H3. The number of piperidine rings is 1. The van der Waals surface area contributed by atoms with Crippen molar-refractivity contribution in [3.8, 4) is 0 Å². The second-order valence-electron chi connectivity index (χ2n) is 8.47. The first-order valence-corrected chi connectivity index (χ1v) is 10.4. The highest BCUT2D eigenvalue weighted by atomic mass is 32.2. The van der Waals surface area contributed by atoms with Gasteiger partial charge >= 0.3 is 7.12 Å². The van der Waals surface area contributed by atoms with Gasteiger partial charge < -0.3 is 9.31 Å². The van der Waals surface area contributed by atoms with E-state index in [0.717, 1.165) is 5.46 Å². The summed E-state index contributed by atoms with van der Waals surface area (Å²) in [6.07, 6.45) is 0.441. The van der Waals surface area contributed by atoms with Gasteiger partial charge in [0.15, 0.2) is 0 Å². The highest BCUT2D eigenvalue weighted by molar-refractivity contribution is 7.89. The van der Waals surface area contributed by atoms with Gasteiger partial charge in [0, 0.05) is 13.1 Å². The molecule has 0 N–H and O–H groups in total. The molecule has 0 radical (unpaired) electrons. The topological polar surface area (TPSA) is 55.8 Å². The maximum Gasteiger partial charge on any atom is 0.494 e. The smallest absolute Gasteiger partial charge is 0.399 e. The highest BCUT2D eigenvalue weighted by Gasteiger charge is 2.51. The quantitative estimate of drug-likeness (QED) is 0.753. The third-order valence-corrected chi connectivity index (χ3v) is 7.72. The number of benzene rings is 1. The van der Waals surface area contributed by atoms with Crippen LogP contribution in [0.4, 0.5) is 4.39 Å². The highest BCUT2D eigenvalue weighted by Crippen LogP contribution is 2.36. The molecule has 26 heavy (non-hydrogen) atoms. The number of hydrogen-bond donors (Lipinski definition) is 0. The molecule has 1 aromatic carbocycles. The summed E-state index contributed by atoms with van der Waals surface area (Å²) in [6, 6.07) is 6.58. The van der Waals surface area contributed by atoms with Crippen LogP contribution in [0.3, 0.4) is 0 Å². The molecule has 0 aromatic heterocycles. The van der Waals surface area contributed by atoms with Crippen molar-refractivity contribution in [1.29, 1.82) is 0 Å². The summed E-state index contributed by atoms with van der Waals surface area (Å²) in [5.74, 6) is 0. The molecule has 0 unspecified atom stereocenters. The Morgan fingerprint density at radius 1 is 0.962 bits per heavy atom. The second-order valence-corrected chi connectivity index (χ2v) is 10.4. The van der Waals surface area contributed by atoms with Gasteiger partial charge in [0.25, 0.3) is 0 Å². The number of sulfonamides is 1. The zero-order valence-electron chi connectivity index (χ0n) is 16.1. The van der Waals surface area contributed by atoms with Gasteiger partial charge in [-0.3, -0.25) is 0 Å². The van der Waals surface area contributed by atoms with Crippen LogP contribution in [0.25, 0.3) is 0 Å². The van der Waals surface area contributed by atoms with E-state index in [9.17, 15) is 12.8 Å². The monoisotopic (exact) mass is 383 g/mol. The van der Waals surface area contributed by atoms with Crippen LogP contribution in [0.1, 0.15) is 47.5 Å². The van der Waals surface area contributed by atoms with Crippen molar-refractivity contribution >= 4 is 22.6 Å². The summed E-state index contributed by atoms with van der Waals surface area (Å²) in [4.78, 5) is 0.209. The Bertz CT molecular complexity index is 751. The molecule has 144 valence electrons. The maximum atomic E-state index is 13.9. The minimum Gasteiger partial charge on any atom is -0.399 e. The number of hydrogen-bond acceptors (Lipinski definition) is 4. The predicted molar refractivity (Wildman–Crippen MR) is 99.7 cm³/mol. The molecule has 0 saturated carbocycles. The Balaban J connectivity index is 1.76. The molecular weight excluding hydrogens is 356 g/mol. The van der Waals surface area contributed by atoms with Crippen molar-refractivity contribution in [2.24, 2.45) is 0 Å². The van der Waals surface area contributed by atoms with Crippen molar-refractivity contribution in [2.45, 2.75) is 69.2 Å². The van der Waals surface area contributed by atoms with Crippen molar-refractivity contribution in [1.82, 2.24) is 4.31 Å². The molecule has 2 aliphatic heterocycles. The predicted octanol–water partition coefficient (Wildman–Crippen LogP) is 2.50. The van der Waals surface area contributed by atoms with Gasteiger partial charge in [-0.1, -0.05) is 12.1 Å². The molecule has 2 aliphatic rings. The van der Waals surface area contributed by atoms with Crippen LogP contribution in [0.2, 0.25) is 0 Å². The van der Waals surface area contributed by atoms with E-state index in [1.807, 2.05) is 27.7 Å². The van der Waals surface area contributed by atoms with Crippen molar-refractivity contribution in [3.05, 3.63) is 24.3 Å². The summed E-state index contributed by atoms with van der Waals surface area (Å²) in [7, 11) is -4.14. The first-order valence-electron chi connectivity index (χ1n) is 8.99. The van der Waals surface area contributed by atoms with Crippen molar-refractivity contribution in [3.63, 3.8) is 0 Å². The number of rotatable bonds is 3. The van der Waals surface area contributed by atoms with Crippen LogP contribution >= 0.6 is 0 Å². The number of alkyl halides is 1. The Hall–Kier alpha value is -0.955. The first kappa shape index (κ1) is 19.8. The van der Waals surface area contributed by atoms with Crippen LogP contribution in [0, 0.1) is 0 Å². The Morgan fingerprint density at radius 2 is 1.42 bits per heavy atom. The lowest BCUT2D eigenvalue weighted by Gasteiger charge is -2.33. The third-order valence-electron chi connectivity index (χ3n) is 5.81. The lowest BCUT2D eigenvalue weighted by atomic mass is 9.79. The largest absolute Gasteiger partial charge is 0.494 e. The van der Waals surface area contributed by atoms with E-state index >= 15 is 0 Å². The molecular formula is C18H27BFNO4S. The summed E-state index contributed by atoms with van der Waals surface area (Å²) in [6.45, 7) is 9.82. The van der Waals surface area contributed by atoms with E-state index in [1.54, 1.807) is 24.3 Å². The average Bonchev–Trinajstić information content (AvgIpc) is 2.75. The lowest BCUT2D eigenvalue weighted by molar-refractivity contribution is 0.00578. The third kappa shape index (κ3) is 3.57. The van der Waals surface area contributed by atoms with Crippen LogP contribution < -0.4 is 5.46 Å². The van der Waals surface area contributed by atoms with Gasteiger partial charge in [0.1, 0.15) is 5.67 Å². The molecule has 0 bridgehead atoms. The van der Waals surface area contributed by atoms with E-state index in [2.05, 4.69) is 0 Å². The van der Waals surface area contributed by atoms with Gasteiger partial charge in [0.2, 0.25) is 10.0 Å². The summed E-state index contributed by atoms with van der Waals surface area (Å²) >= 11 is 0. The SMILES string of the molecule is CC1(F)CCN(S(=O)(=O)c2ccc(B3OC(C)(C)C(C)(C)O3)cc2)CC1. The van der Waals surface area contributed by atoms with Gasteiger partial charge in [0.05, 0.1) is 16.1 Å². The number of nitrogens with zero attached hydrogens (tertiary/aromatic N) is 1. The van der Waals surface area contributed by atoms with Crippen molar-refractivity contribution in [2.75, 3.05) is 13.1 Å². The van der Waals surface area contributed by atoms with E-state index in [-0.39, 0.29) is 30.8 Å². The minimum absolute atomic E-state index is 0.203. The molecule has 0 spiro atoms. The fraction of sp³-hybridized carbons (Fsp3) is 0.667. The molecule has 5 nitrogen and oxygen atoms in total. The molecule has 1 aromatic rings. The second kappa shape index (κ2) is 6.29. The Morgan fingerprint density at radius 3 is 1.88 bits per heavy atom. The fourth-order valence-corrected chi connectivity index (χ4v) is 4.56. The molecule has 3 rings (SSSR count). The zero-order valence-corrected chi connectivity index (χ0v) is 16.9. The Kier molecular flexibility index (Phi) is 4.79. The van der Waals surface area contributed by atoms with Gasteiger partial charge in [-0.2, -0.15) is 4.31 Å². The molecule has 0 aliphatic carbocycles. The molecule has 2 saturated heterocycles. The maximum absolute atomic E-state index is 13.9. The fourth-order valence-electron chi connectivity index (χ4n) is 3.12. The molecule has 0 atom stereocenters. The van der Waals surface area contributed by atoms with Crippen LogP contribution in [0.15, 0.2) is 29.2 Å². The van der Waals surface area contributed by atoms with E-state index in [1.165, 1.54) is 11.2 Å². The van der Waals surface area contributed by atoms with Gasteiger partial charge in [-0.05, 0) is 65.1 Å². The minimum atomic E-state index is -3.61. The summed E-state index contributed by atoms with van der Waals surface area (Å²) < 4.78 is 52.8. The van der Waals surface area contributed by atoms with Crippen LogP contribution in [0.5, 0.6) is 0 Å². The van der Waals surface area contributed by atoms with Crippen molar-refractivity contribution < 1.29 is 22.1 Å². The summed E-state index contributed by atoms with van der Waals surface area (Å²) in [5.41, 5.74) is -1.41. The normalized spacial score (nSPS) is 25.4. The molecule has 8 heteroatoms.